The monoisotopic (exact) mass is 297 g/mol. The summed E-state index contributed by atoms with van der Waals surface area (Å²) in [6, 6.07) is 0. The Kier molecular flexibility index (Phi) is 6.02. The Morgan fingerprint density at radius 1 is 1.32 bits per heavy atom. The molecule has 2 aliphatic rings. The van der Waals surface area contributed by atoms with E-state index in [2.05, 4.69) is 35.4 Å². The lowest BCUT2D eigenvalue weighted by molar-refractivity contribution is 0.0984. The van der Waals surface area contributed by atoms with Gasteiger partial charge in [0.1, 0.15) is 0 Å². The Balaban J connectivity index is 1.82. The van der Waals surface area contributed by atoms with Crippen LogP contribution in [0.4, 0.5) is 0 Å². The molecule has 4 heteroatoms. The van der Waals surface area contributed by atoms with E-state index in [1.165, 1.54) is 44.3 Å². The minimum Gasteiger partial charge on any atom is -0.299 e. The molecular weight excluding hydrogens is 269 g/mol. The normalized spacial score (nSPS) is 23.0. The van der Waals surface area contributed by atoms with E-state index in [0.29, 0.717) is 12.1 Å². The van der Waals surface area contributed by atoms with Gasteiger partial charge in [0.15, 0.2) is 0 Å². The molecule has 2 fully saturated rings. The second-order valence-electron chi connectivity index (χ2n) is 7.04. The number of hydrogen-bond donors (Lipinski definition) is 0. The lowest BCUT2D eigenvalue weighted by Gasteiger charge is -2.44. The summed E-state index contributed by atoms with van der Waals surface area (Å²) in [7, 11) is 0. The summed E-state index contributed by atoms with van der Waals surface area (Å²) in [5, 5.41) is 9.05. The molecule has 0 aliphatic carbocycles. The Bertz CT molecular complexity index is 483. The van der Waals surface area contributed by atoms with Crippen molar-refractivity contribution in [3.8, 4) is 5.97 Å². The first-order chi connectivity index (χ1) is 10.6. The maximum atomic E-state index is 9.05. The number of aliphatic imine (C=N–C) groups is 1. The Morgan fingerprint density at radius 3 is 2.45 bits per heavy atom. The fourth-order valence-corrected chi connectivity index (χ4v) is 3.70. The smallest absolute Gasteiger partial charge is 0.267 e. The number of nitriles is 1. The second kappa shape index (κ2) is 7.79. The van der Waals surface area contributed by atoms with Gasteiger partial charge in [-0.05, 0) is 50.8 Å². The molecule has 0 N–H and O–H groups in total. The molecule has 22 heavy (non-hydrogen) atoms. The maximum absolute atomic E-state index is 9.05. The predicted octanol–water partition coefficient (Wildman–Crippen LogP) is 3.97. The summed E-state index contributed by atoms with van der Waals surface area (Å²) in [6.07, 6.45) is 11.4. The molecule has 0 unspecified atom stereocenters. The zero-order valence-corrected chi connectivity index (χ0v) is 14.1. The molecule has 2 heterocycles. The van der Waals surface area contributed by atoms with Crippen molar-refractivity contribution in [3.05, 3.63) is 23.9 Å². The molecule has 0 aromatic heterocycles. The van der Waals surface area contributed by atoms with Crippen LogP contribution in [0, 0.1) is 16.6 Å². The SMILES string of the molecule is C=C(C)N=C/C(=C\C)CN1CCC2(CCB(C#N)CC2)CC1. The van der Waals surface area contributed by atoms with E-state index in [-0.39, 0.29) is 0 Å². The summed E-state index contributed by atoms with van der Waals surface area (Å²) in [5.74, 6) is 2.45. The van der Waals surface area contributed by atoms with E-state index in [0.717, 1.165) is 24.9 Å². The zero-order chi connectivity index (χ0) is 16.0. The highest BCUT2D eigenvalue weighted by molar-refractivity contribution is 6.67. The Labute approximate surface area is 135 Å². The largest absolute Gasteiger partial charge is 0.299 e. The van der Waals surface area contributed by atoms with Crippen LogP contribution < -0.4 is 0 Å². The predicted molar refractivity (Wildman–Crippen MR) is 95.4 cm³/mol. The Morgan fingerprint density at radius 2 is 1.95 bits per heavy atom. The highest BCUT2D eigenvalue weighted by Crippen LogP contribution is 2.44. The molecule has 0 radical (unpaired) electrons. The van der Waals surface area contributed by atoms with Gasteiger partial charge in [0.05, 0.1) is 0 Å². The first kappa shape index (κ1) is 17.0. The van der Waals surface area contributed by atoms with Gasteiger partial charge in [0, 0.05) is 24.4 Å². The average Bonchev–Trinajstić information content (AvgIpc) is 2.54. The van der Waals surface area contributed by atoms with Crippen LogP contribution in [-0.4, -0.2) is 37.5 Å². The van der Waals surface area contributed by atoms with Crippen molar-refractivity contribution in [1.29, 1.82) is 5.26 Å². The van der Waals surface area contributed by atoms with Crippen molar-refractivity contribution >= 4 is 12.9 Å². The number of allylic oxidation sites excluding steroid dienone is 2. The van der Waals surface area contributed by atoms with Crippen LogP contribution in [0.1, 0.15) is 39.5 Å². The van der Waals surface area contributed by atoms with Crippen LogP contribution >= 0.6 is 0 Å². The van der Waals surface area contributed by atoms with E-state index in [9.17, 15) is 0 Å². The number of piperidine rings is 1. The van der Waals surface area contributed by atoms with Crippen molar-refractivity contribution < 1.29 is 0 Å². The molecule has 0 atom stereocenters. The Hall–Kier alpha value is -1.34. The number of hydrogen-bond acceptors (Lipinski definition) is 3. The molecule has 1 spiro atoms. The minimum atomic E-state index is 0.316. The third-order valence-corrected chi connectivity index (χ3v) is 5.37. The van der Waals surface area contributed by atoms with Crippen molar-refractivity contribution in [2.75, 3.05) is 19.6 Å². The van der Waals surface area contributed by atoms with Crippen molar-refractivity contribution in [1.82, 2.24) is 4.90 Å². The van der Waals surface area contributed by atoms with E-state index in [4.69, 9.17) is 5.26 Å². The molecule has 2 saturated heterocycles. The van der Waals surface area contributed by atoms with Gasteiger partial charge in [-0.1, -0.05) is 38.1 Å². The first-order valence-electron chi connectivity index (χ1n) is 8.54. The fraction of sp³-hybridized carbons (Fsp3) is 0.667. The zero-order valence-electron chi connectivity index (χ0n) is 14.1. The van der Waals surface area contributed by atoms with Gasteiger partial charge >= 0.3 is 0 Å². The van der Waals surface area contributed by atoms with Gasteiger partial charge in [0.2, 0.25) is 0 Å². The first-order valence-corrected chi connectivity index (χ1v) is 8.54. The quantitative estimate of drug-likeness (QED) is 0.582. The summed E-state index contributed by atoms with van der Waals surface area (Å²) in [4.78, 5) is 6.86. The van der Waals surface area contributed by atoms with E-state index in [1.54, 1.807) is 0 Å². The molecule has 2 rings (SSSR count). The van der Waals surface area contributed by atoms with Gasteiger partial charge < -0.3 is 0 Å². The summed E-state index contributed by atoms with van der Waals surface area (Å²) >= 11 is 0. The summed E-state index contributed by atoms with van der Waals surface area (Å²) in [6.45, 7) is 11.5. The molecule has 0 saturated carbocycles. The van der Waals surface area contributed by atoms with Gasteiger partial charge in [-0.3, -0.25) is 9.89 Å². The van der Waals surface area contributed by atoms with Crippen LogP contribution in [0.25, 0.3) is 0 Å². The van der Waals surface area contributed by atoms with E-state index >= 15 is 0 Å². The van der Waals surface area contributed by atoms with Crippen LogP contribution in [0.5, 0.6) is 0 Å². The highest BCUT2D eigenvalue weighted by Gasteiger charge is 2.39. The van der Waals surface area contributed by atoms with Crippen LogP contribution in [0.2, 0.25) is 12.6 Å². The molecule has 118 valence electrons. The standard InChI is InChI=1S/C18H28BN3/c1-4-17(13-21-16(2)3)14-22-11-7-18(8-12-22)5-9-19(15-20)10-6-18/h4,13H,2,5-12,14H2,1,3H3/b17-4+,21-13?. The van der Waals surface area contributed by atoms with Crippen LogP contribution in [0.15, 0.2) is 28.9 Å². The van der Waals surface area contributed by atoms with E-state index in [1.807, 2.05) is 13.1 Å². The molecule has 0 aromatic carbocycles. The number of rotatable bonds is 4. The number of likely N-dealkylation sites (tertiary alicyclic amines) is 1. The molecule has 2 aliphatic heterocycles. The van der Waals surface area contributed by atoms with Crippen LogP contribution in [0.3, 0.4) is 0 Å². The van der Waals surface area contributed by atoms with Gasteiger partial charge in [-0.2, -0.15) is 0 Å². The van der Waals surface area contributed by atoms with Gasteiger partial charge in [-0.15, -0.1) is 0 Å². The lowest BCUT2D eigenvalue weighted by atomic mass is 9.39. The molecule has 3 nitrogen and oxygen atoms in total. The van der Waals surface area contributed by atoms with E-state index < -0.39 is 0 Å². The molecule has 0 aromatic rings. The van der Waals surface area contributed by atoms with Crippen molar-refractivity contribution in [2.45, 2.75) is 52.2 Å². The molecular formula is C18H28BN3. The average molecular weight is 297 g/mol. The minimum absolute atomic E-state index is 0.316. The lowest BCUT2D eigenvalue weighted by Crippen LogP contribution is -2.43. The fourth-order valence-electron chi connectivity index (χ4n) is 3.70. The number of nitrogens with zero attached hydrogens (tertiary/aromatic N) is 3. The summed E-state index contributed by atoms with van der Waals surface area (Å²) < 4.78 is 0. The van der Waals surface area contributed by atoms with Gasteiger partial charge in [0.25, 0.3) is 6.71 Å². The molecule has 0 bridgehead atoms. The van der Waals surface area contributed by atoms with Gasteiger partial charge in [-0.25, -0.2) is 5.26 Å². The molecule has 0 amide bonds. The van der Waals surface area contributed by atoms with Crippen molar-refractivity contribution in [2.24, 2.45) is 10.4 Å². The maximum Gasteiger partial charge on any atom is 0.267 e. The third-order valence-electron chi connectivity index (χ3n) is 5.37. The highest BCUT2D eigenvalue weighted by atomic mass is 15.1. The topological polar surface area (TPSA) is 39.4 Å². The van der Waals surface area contributed by atoms with Crippen molar-refractivity contribution in [3.63, 3.8) is 0 Å². The summed E-state index contributed by atoms with van der Waals surface area (Å²) in [5.41, 5.74) is 2.66. The van der Waals surface area contributed by atoms with Crippen LogP contribution in [-0.2, 0) is 0 Å². The second-order valence-corrected chi connectivity index (χ2v) is 7.04. The third kappa shape index (κ3) is 4.58.